The van der Waals surface area contributed by atoms with E-state index in [1.54, 1.807) is 0 Å². The van der Waals surface area contributed by atoms with Crippen molar-refractivity contribution in [3.8, 4) is 0 Å². The van der Waals surface area contributed by atoms with Gasteiger partial charge in [-0.2, -0.15) is 11.8 Å². The lowest BCUT2D eigenvalue weighted by Gasteiger charge is -2.23. The van der Waals surface area contributed by atoms with Gasteiger partial charge >= 0.3 is 5.97 Å². The van der Waals surface area contributed by atoms with Crippen molar-refractivity contribution in [2.24, 2.45) is 5.92 Å². The summed E-state index contributed by atoms with van der Waals surface area (Å²) < 4.78 is 5.12. The Morgan fingerprint density at radius 2 is 2.27 bits per heavy atom. The highest BCUT2D eigenvalue weighted by Crippen LogP contribution is 2.47. The Balaban J connectivity index is 2.44. The Morgan fingerprint density at radius 3 is 2.73 bits per heavy atom. The summed E-state index contributed by atoms with van der Waals surface area (Å²) in [6.45, 7) is 9.06. The molecule has 1 aliphatic rings. The lowest BCUT2D eigenvalue weighted by Crippen LogP contribution is -2.23. The summed E-state index contributed by atoms with van der Waals surface area (Å²) in [5, 5.41) is 0.712. The van der Waals surface area contributed by atoms with Crippen molar-refractivity contribution in [2.75, 3.05) is 6.61 Å². The summed E-state index contributed by atoms with van der Waals surface area (Å²) in [4.78, 5) is 11.4. The van der Waals surface area contributed by atoms with E-state index in [0.717, 1.165) is 6.42 Å². The molecule has 0 bridgehead atoms. The molecule has 0 aromatic carbocycles. The molecule has 0 N–H and O–H groups in total. The van der Waals surface area contributed by atoms with Crippen molar-refractivity contribution in [1.82, 2.24) is 0 Å². The van der Waals surface area contributed by atoms with Gasteiger partial charge in [-0.1, -0.05) is 13.8 Å². The first-order chi connectivity index (χ1) is 6.97. The van der Waals surface area contributed by atoms with Gasteiger partial charge in [-0.25, -0.2) is 0 Å². The number of esters is 1. The van der Waals surface area contributed by atoms with E-state index >= 15 is 0 Å². The van der Waals surface area contributed by atoms with Crippen molar-refractivity contribution < 1.29 is 9.53 Å². The number of carbonyl (C=O) groups is 1. The topological polar surface area (TPSA) is 26.3 Å². The molecule has 2 atom stereocenters. The smallest absolute Gasteiger partial charge is 0.307 e. The maximum Gasteiger partial charge on any atom is 0.307 e. The van der Waals surface area contributed by atoms with Crippen LogP contribution in [0, 0.1) is 5.92 Å². The molecule has 0 aliphatic carbocycles. The van der Waals surface area contributed by atoms with Gasteiger partial charge in [0.2, 0.25) is 0 Å². The minimum atomic E-state index is -0.0445. The number of ether oxygens (including phenoxy) is 1. The van der Waals surface area contributed by atoms with Gasteiger partial charge < -0.3 is 4.74 Å². The molecule has 1 heterocycles. The lowest BCUT2D eigenvalue weighted by atomic mass is 9.97. The highest BCUT2D eigenvalue weighted by atomic mass is 32.2. The van der Waals surface area contributed by atoms with Gasteiger partial charge in [-0.05, 0) is 32.6 Å². The fourth-order valence-corrected chi connectivity index (χ4v) is 3.72. The van der Waals surface area contributed by atoms with Crippen molar-refractivity contribution >= 4 is 17.7 Å². The minimum absolute atomic E-state index is 0.0445. The Kier molecular flexibility index (Phi) is 4.50. The van der Waals surface area contributed by atoms with E-state index in [-0.39, 0.29) is 10.7 Å². The van der Waals surface area contributed by atoms with E-state index in [0.29, 0.717) is 24.2 Å². The molecule has 0 aromatic heterocycles. The van der Waals surface area contributed by atoms with Crippen LogP contribution in [0.15, 0.2) is 0 Å². The molecule has 0 saturated carbocycles. The van der Waals surface area contributed by atoms with Gasteiger partial charge in [-0.3, -0.25) is 4.79 Å². The van der Waals surface area contributed by atoms with E-state index in [4.69, 9.17) is 4.74 Å². The second-order valence-electron chi connectivity index (χ2n) is 4.87. The minimum Gasteiger partial charge on any atom is -0.466 e. The van der Waals surface area contributed by atoms with Gasteiger partial charge in [0.05, 0.1) is 13.0 Å². The Labute approximate surface area is 97.1 Å². The number of carbonyl (C=O) groups excluding carboxylic acids is 1. The summed E-state index contributed by atoms with van der Waals surface area (Å²) in [5.74, 6) is 0.663. The van der Waals surface area contributed by atoms with Crippen LogP contribution < -0.4 is 0 Å². The maximum absolute atomic E-state index is 11.4. The molecular weight excluding hydrogens is 208 g/mol. The third kappa shape index (κ3) is 3.71. The van der Waals surface area contributed by atoms with Crippen molar-refractivity contribution in [1.29, 1.82) is 0 Å². The van der Waals surface area contributed by atoms with Crippen LogP contribution in [0.1, 0.15) is 47.0 Å². The highest BCUT2D eigenvalue weighted by Gasteiger charge is 2.38. The zero-order valence-corrected chi connectivity index (χ0v) is 11.0. The third-order valence-electron chi connectivity index (χ3n) is 2.96. The predicted molar refractivity (Wildman–Crippen MR) is 65.1 cm³/mol. The van der Waals surface area contributed by atoms with E-state index in [9.17, 15) is 4.79 Å². The number of hydrogen-bond acceptors (Lipinski definition) is 3. The van der Waals surface area contributed by atoms with Crippen LogP contribution in [-0.4, -0.2) is 22.6 Å². The summed E-state index contributed by atoms with van der Waals surface area (Å²) in [6.07, 6.45) is 2.94. The Bertz CT molecular complexity index is 228. The standard InChI is InChI=1S/C12H22O2S/c1-5-14-11(13)8-12(4)7-6-10(15-12)9(2)3/h9-10H,5-8H2,1-4H3. The fraction of sp³-hybridized carbons (Fsp3) is 0.917. The second kappa shape index (κ2) is 5.24. The monoisotopic (exact) mass is 230 g/mol. The molecule has 3 heteroatoms. The Hall–Kier alpha value is -0.180. The predicted octanol–water partition coefficient (Wildman–Crippen LogP) is 3.25. The average Bonchev–Trinajstić information content (AvgIpc) is 2.48. The molecular formula is C12H22O2S. The van der Waals surface area contributed by atoms with Crippen LogP contribution in [0.2, 0.25) is 0 Å². The molecule has 0 amide bonds. The lowest BCUT2D eigenvalue weighted by molar-refractivity contribution is -0.143. The van der Waals surface area contributed by atoms with Gasteiger partial charge in [-0.15, -0.1) is 0 Å². The number of thioether (sulfide) groups is 1. The number of rotatable bonds is 4. The van der Waals surface area contributed by atoms with Gasteiger partial charge in [0.15, 0.2) is 0 Å². The molecule has 1 rings (SSSR count). The van der Waals surface area contributed by atoms with Crippen LogP contribution >= 0.6 is 11.8 Å². The summed E-state index contributed by atoms with van der Waals surface area (Å²) >= 11 is 1.97. The molecule has 0 aromatic rings. The Morgan fingerprint density at radius 1 is 1.60 bits per heavy atom. The van der Waals surface area contributed by atoms with Crippen LogP contribution in [0.25, 0.3) is 0 Å². The van der Waals surface area contributed by atoms with Crippen LogP contribution in [-0.2, 0) is 9.53 Å². The van der Waals surface area contributed by atoms with E-state index < -0.39 is 0 Å². The molecule has 1 aliphatic heterocycles. The average molecular weight is 230 g/mol. The van der Waals surface area contributed by atoms with Crippen LogP contribution in [0.4, 0.5) is 0 Å². The molecule has 2 unspecified atom stereocenters. The molecule has 0 radical (unpaired) electrons. The second-order valence-corrected chi connectivity index (χ2v) is 6.70. The van der Waals surface area contributed by atoms with Gasteiger partial charge in [0.25, 0.3) is 0 Å². The highest BCUT2D eigenvalue weighted by molar-refractivity contribution is 8.01. The van der Waals surface area contributed by atoms with E-state index in [1.807, 2.05) is 18.7 Å². The van der Waals surface area contributed by atoms with Crippen molar-refractivity contribution in [3.63, 3.8) is 0 Å². The van der Waals surface area contributed by atoms with E-state index in [1.165, 1.54) is 6.42 Å². The first-order valence-corrected chi connectivity index (χ1v) is 6.68. The maximum atomic E-state index is 11.4. The van der Waals surface area contributed by atoms with Crippen LogP contribution in [0.3, 0.4) is 0 Å². The summed E-state index contributed by atoms with van der Waals surface area (Å²) in [6, 6.07) is 0. The molecule has 1 saturated heterocycles. The number of hydrogen-bond donors (Lipinski definition) is 0. The molecule has 2 nitrogen and oxygen atoms in total. The fourth-order valence-electron chi connectivity index (χ4n) is 2.05. The largest absolute Gasteiger partial charge is 0.466 e. The first kappa shape index (κ1) is 12.9. The molecule has 15 heavy (non-hydrogen) atoms. The van der Waals surface area contributed by atoms with Crippen molar-refractivity contribution in [2.45, 2.75) is 57.0 Å². The summed E-state index contributed by atoms with van der Waals surface area (Å²) in [7, 11) is 0. The summed E-state index contributed by atoms with van der Waals surface area (Å²) in [5.41, 5.74) is 0. The molecule has 1 fully saturated rings. The van der Waals surface area contributed by atoms with E-state index in [2.05, 4.69) is 20.8 Å². The molecule has 88 valence electrons. The van der Waals surface area contributed by atoms with Crippen LogP contribution in [0.5, 0.6) is 0 Å². The SMILES string of the molecule is CCOC(=O)CC1(C)CCC(C(C)C)S1. The molecule has 0 spiro atoms. The zero-order valence-electron chi connectivity index (χ0n) is 10.2. The third-order valence-corrected chi connectivity index (χ3v) is 4.96. The van der Waals surface area contributed by atoms with Crippen molar-refractivity contribution in [3.05, 3.63) is 0 Å². The first-order valence-electron chi connectivity index (χ1n) is 5.80. The van der Waals surface area contributed by atoms with Gasteiger partial charge in [0, 0.05) is 10.00 Å². The zero-order chi connectivity index (χ0) is 11.5. The van der Waals surface area contributed by atoms with Gasteiger partial charge in [0.1, 0.15) is 0 Å². The normalized spacial score (nSPS) is 30.9. The quantitative estimate of drug-likeness (QED) is 0.693.